The van der Waals surface area contributed by atoms with Gasteiger partial charge in [-0.25, -0.2) is 13.6 Å². The van der Waals surface area contributed by atoms with Gasteiger partial charge in [0.15, 0.2) is 0 Å². The molecule has 1 aromatic rings. The molecule has 0 N–H and O–H groups in total. The molecule has 0 spiro atoms. The zero-order chi connectivity index (χ0) is 16.5. The van der Waals surface area contributed by atoms with Crippen LogP contribution in [0.4, 0.5) is 13.6 Å². The lowest BCUT2D eigenvalue weighted by molar-refractivity contribution is 0.0214. The minimum atomic E-state index is -1.13. The van der Waals surface area contributed by atoms with Crippen molar-refractivity contribution in [3.63, 3.8) is 0 Å². The van der Waals surface area contributed by atoms with Crippen molar-refractivity contribution in [2.75, 3.05) is 12.8 Å². The molecule has 0 radical (unpaired) electrons. The first kappa shape index (κ1) is 17.1. The Balaban J connectivity index is 2.32. The summed E-state index contributed by atoms with van der Waals surface area (Å²) >= 11 is 1.45. The van der Waals surface area contributed by atoms with Crippen LogP contribution in [-0.4, -0.2) is 35.6 Å². The lowest BCUT2D eigenvalue weighted by atomic mass is 10.0. The van der Waals surface area contributed by atoms with Crippen LogP contribution >= 0.6 is 11.8 Å². The summed E-state index contributed by atoms with van der Waals surface area (Å²) in [4.78, 5) is 14.5. The third-order valence-corrected chi connectivity index (χ3v) is 4.24. The molecule has 1 unspecified atom stereocenters. The van der Waals surface area contributed by atoms with E-state index in [-0.39, 0.29) is 18.8 Å². The van der Waals surface area contributed by atoms with Crippen LogP contribution in [0.15, 0.2) is 23.1 Å². The monoisotopic (exact) mass is 329 g/mol. The standard InChI is InChI=1S/C16H21F2NO2S/c1-16(2,3)21-15(20)19-9-11(18)8-13(19)12-7-10(17)5-6-14(12)22-4/h5-7,11,13H,8-9H2,1-4H3/t11-,13?/m0/s1. The summed E-state index contributed by atoms with van der Waals surface area (Å²) in [5, 5.41) is 0. The number of carbonyl (C=O) groups is 1. The minimum absolute atomic E-state index is 0.0239. The van der Waals surface area contributed by atoms with Gasteiger partial charge in [0.2, 0.25) is 0 Å². The largest absolute Gasteiger partial charge is 0.444 e. The summed E-state index contributed by atoms with van der Waals surface area (Å²) in [5.74, 6) is -0.390. The maximum atomic E-state index is 13.9. The van der Waals surface area contributed by atoms with E-state index in [0.717, 1.165) is 4.90 Å². The maximum absolute atomic E-state index is 13.9. The van der Waals surface area contributed by atoms with Gasteiger partial charge in [0, 0.05) is 11.3 Å². The quantitative estimate of drug-likeness (QED) is 0.745. The Hall–Kier alpha value is -1.30. The number of rotatable bonds is 2. The van der Waals surface area contributed by atoms with Crippen molar-refractivity contribution in [2.45, 2.75) is 49.9 Å². The number of benzene rings is 1. The molecule has 1 heterocycles. The lowest BCUT2D eigenvalue weighted by Gasteiger charge is -2.29. The molecule has 0 bridgehead atoms. The molecular formula is C16H21F2NO2S. The molecule has 2 rings (SSSR count). The van der Waals surface area contributed by atoms with Crippen molar-refractivity contribution in [1.29, 1.82) is 0 Å². The number of hydrogen-bond donors (Lipinski definition) is 0. The molecule has 6 heteroatoms. The average Bonchev–Trinajstić information content (AvgIpc) is 2.79. The van der Waals surface area contributed by atoms with E-state index in [4.69, 9.17) is 4.74 Å². The van der Waals surface area contributed by atoms with Crippen LogP contribution in [-0.2, 0) is 4.74 Å². The fraction of sp³-hybridized carbons (Fsp3) is 0.562. The molecule has 1 aliphatic rings. The highest BCUT2D eigenvalue weighted by molar-refractivity contribution is 7.98. The van der Waals surface area contributed by atoms with Gasteiger partial charge in [-0.3, -0.25) is 4.90 Å². The Labute approximate surface area is 134 Å². The van der Waals surface area contributed by atoms with Crippen LogP contribution in [0.5, 0.6) is 0 Å². The minimum Gasteiger partial charge on any atom is -0.444 e. The van der Waals surface area contributed by atoms with E-state index >= 15 is 0 Å². The number of ether oxygens (including phenoxy) is 1. The van der Waals surface area contributed by atoms with Gasteiger partial charge in [0.1, 0.15) is 17.6 Å². The molecule has 0 saturated carbocycles. The molecule has 3 nitrogen and oxygen atoms in total. The Kier molecular flexibility index (Phi) is 5.00. The molecule has 2 atom stereocenters. The number of likely N-dealkylation sites (tertiary alicyclic amines) is 1. The number of halogens is 2. The summed E-state index contributed by atoms with van der Waals surface area (Å²) < 4.78 is 32.8. The normalized spacial score (nSPS) is 22.0. The Bertz CT molecular complexity index is 560. The van der Waals surface area contributed by atoms with Gasteiger partial charge in [-0.05, 0) is 50.8 Å². The van der Waals surface area contributed by atoms with E-state index in [0.29, 0.717) is 5.56 Å². The van der Waals surface area contributed by atoms with Crippen LogP contribution in [0.2, 0.25) is 0 Å². The molecular weight excluding hydrogens is 308 g/mol. The van der Waals surface area contributed by atoms with Crippen molar-refractivity contribution < 1.29 is 18.3 Å². The first-order valence-electron chi connectivity index (χ1n) is 7.18. The van der Waals surface area contributed by atoms with Gasteiger partial charge < -0.3 is 4.74 Å². The molecule has 1 fully saturated rings. The van der Waals surface area contributed by atoms with Crippen LogP contribution in [0.3, 0.4) is 0 Å². The SMILES string of the molecule is CSc1ccc(F)cc1C1C[C@H](F)CN1C(=O)OC(C)(C)C. The fourth-order valence-electron chi connectivity index (χ4n) is 2.57. The number of hydrogen-bond acceptors (Lipinski definition) is 3. The maximum Gasteiger partial charge on any atom is 0.410 e. The second-order valence-corrected chi connectivity index (χ2v) is 7.22. The summed E-state index contributed by atoms with van der Waals surface area (Å²) in [6.45, 7) is 5.26. The Morgan fingerprint density at radius 2 is 2.09 bits per heavy atom. The second kappa shape index (κ2) is 6.44. The van der Waals surface area contributed by atoms with Gasteiger partial charge in [0.25, 0.3) is 0 Å². The van der Waals surface area contributed by atoms with E-state index in [9.17, 15) is 13.6 Å². The number of amides is 1. The van der Waals surface area contributed by atoms with Gasteiger partial charge in [-0.15, -0.1) is 11.8 Å². The summed E-state index contributed by atoms with van der Waals surface area (Å²) in [5.41, 5.74) is -0.0150. The van der Waals surface area contributed by atoms with Gasteiger partial charge >= 0.3 is 6.09 Å². The number of thioether (sulfide) groups is 1. The molecule has 1 aromatic carbocycles. The predicted octanol–water partition coefficient (Wildman–Crippen LogP) is 4.57. The Morgan fingerprint density at radius 3 is 2.68 bits per heavy atom. The third-order valence-electron chi connectivity index (χ3n) is 3.43. The second-order valence-electron chi connectivity index (χ2n) is 6.37. The smallest absolute Gasteiger partial charge is 0.410 e. The zero-order valence-electron chi connectivity index (χ0n) is 13.2. The van der Waals surface area contributed by atoms with Crippen molar-refractivity contribution in [2.24, 2.45) is 0 Å². The molecule has 0 aliphatic carbocycles. The first-order valence-corrected chi connectivity index (χ1v) is 8.41. The predicted molar refractivity (Wildman–Crippen MR) is 83.4 cm³/mol. The highest BCUT2D eigenvalue weighted by Crippen LogP contribution is 2.39. The van der Waals surface area contributed by atoms with Gasteiger partial charge in [-0.2, -0.15) is 0 Å². The summed E-state index contributed by atoms with van der Waals surface area (Å²) in [6.07, 6.45) is 0.344. The average molecular weight is 329 g/mol. The van der Waals surface area contributed by atoms with Gasteiger partial charge in [-0.1, -0.05) is 0 Å². The first-order chi connectivity index (χ1) is 10.2. The van der Waals surface area contributed by atoms with E-state index in [1.807, 2.05) is 6.26 Å². The van der Waals surface area contributed by atoms with Crippen LogP contribution in [0.1, 0.15) is 38.8 Å². The molecule has 1 aliphatic heterocycles. The zero-order valence-corrected chi connectivity index (χ0v) is 14.0. The van der Waals surface area contributed by atoms with E-state index in [2.05, 4.69) is 0 Å². The highest BCUT2D eigenvalue weighted by Gasteiger charge is 2.39. The molecule has 1 saturated heterocycles. The number of carbonyl (C=O) groups excluding carboxylic acids is 1. The Morgan fingerprint density at radius 1 is 1.41 bits per heavy atom. The number of nitrogens with zero attached hydrogens (tertiary/aromatic N) is 1. The summed E-state index contributed by atoms with van der Waals surface area (Å²) in [7, 11) is 0. The number of alkyl halides is 1. The van der Waals surface area contributed by atoms with Crippen molar-refractivity contribution >= 4 is 17.9 Å². The molecule has 1 amide bonds. The topological polar surface area (TPSA) is 29.5 Å². The van der Waals surface area contributed by atoms with Crippen molar-refractivity contribution in [1.82, 2.24) is 4.90 Å². The fourth-order valence-corrected chi connectivity index (χ4v) is 3.20. The van der Waals surface area contributed by atoms with E-state index in [1.54, 1.807) is 26.8 Å². The summed E-state index contributed by atoms with van der Waals surface area (Å²) in [6, 6.07) is 3.91. The van der Waals surface area contributed by atoms with Crippen LogP contribution in [0, 0.1) is 5.82 Å². The highest BCUT2D eigenvalue weighted by atomic mass is 32.2. The van der Waals surface area contributed by atoms with Crippen LogP contribution in [0.25, 0.3) is 0 Å². The van der Waals surface area contributed by atoms with Crippen LogP contribution < -0.4 is 0 Å². The lowest BCUT2D eigenvalue weighted by Crippen LogP contribution is -2.37. The van der Waals surface area contributed by atoms with Gasteiger partial charge in [0.05, 0.1) is 12.6 Å². The van der Waals surface area contributed by atoms with Crippen molar-refractivity contribution in [3.05, 3.63) is 29.6 Å². The molecule has 122 valence electrons. The molecule has 22 heavy (non-hydrogen) atoms. The third kappa shape index (κ3) is 3.91. The van der Waals surface area contributed by atoms with E-state index in [1.165, 1.54) is 28.8 Å². The van der Waals surface area contributed by atoms with Crippen molar-refractivity contribution in [3.8, 4) is 0 Å². The van der Waals surface area contributed by atoms with E-state index < -0.39 is 23.9 Å². The molecule has 0 aromatic heterocycles.